The number of aromatic nitrogens is 1. The van der Waals surface area contributed by atoms with E-state index in [1.165, 1.54) is 24.5 Å². The van der Waals surface area contributed by atoms with Crippen LogP contribution in [-0.2, 0) is 9.59 Å². The number of carbonyl (C=O) groups is 2. The number of aliphatic hydroxyl groups is 1. The number of hydrogen-bond acceptors (Lipinski definition) is 5. The normalized spacial score (nSPS) is 17.8. The number of halogens is 3. The molecule has 1 fully saturated rings. The van der Waals surface area contributed by atoms with Crippen molar-refractivity contribution in [3.05, 3.63) is 94.8 Å². The smallest absolute Gasteiger partial charge is 0.507 e. The van der Waals surface area contributed by atoms with Crippen LogP contribution in [0.3, 0.4) is 0 Å². The fourth-order valence-electron chi connectivity index (χ4n) is 3.90. The van der Waals surface area contributed by atoms with Gasteiger partial charge in [0.05, 0.1) is 11.6 Å². The molecular weight excluding hydrogens is 449 g/mol. The van der Waals surface area contributed by atoms with Crippen molar-refractivity contribution in [2.24, 2.45) is 0 Å². The summed E-state index contributed by atoms with van der Waals surface area (Å²) in [5, 5.41) is 11.2. The van der Waals surface area contributed by atoms with Gasteiger partial charge in [-0.2, -0.15) is 0 Å². The molecule has 1 amide bonds. The molecule has 2 heterocycles. The van der Waals surface area contributed by atoms with Crippen molar-refractivity contribution in [3.8, 4) is 5.75 Å². The number of Topliss-reactive ketones (excluding diaryl/α,β-unsaturated/α-hetero) is 1. The van der Waals surface area contributed by atoms with E-state index in [1.807, 2.05) is 13.0 Å². The molecule has 174 valence electrons. The van der Waals surface area contributed by atoms with Gasteiger partial charge in [-0.25, -0.2) is 0 Å². The zero-order valence-corrected chi connectivity index (χ0v) is 18.1. The number of pyridine rings is 1. The van der Waals surface area contributed by atoms with Gasteiger partial charge in [0.15, 0.2) is 0 Å². The Morgan fingerprint density at radius 1 is 1.00 bits per heavy atom. The second-order valence-corrected chi connectivity index (χ2v) is 7.81. The molecular formula is C25H19F3N2O4. The lowest BCUT2D eigenvalue weighted by Gasteiger charge is -2.25. The third kappa shape index (κ3) is 4.36. The summed E-state index contributed by atoms with van der Waals surface area (Å²) in [4.78, 5) is 31.4. The SMILES string of the molecule is Cc1ccc(C)c(/C(O)=C2\C(=O)C(=O)N(c3ccc(OC(F)(F)F)cc3)C2c2ccncc2)c1. The number of ketones is 1. The minimum atomic E-state index is -4.87. The molecule has 1 aromatic heterocycles. The van der Waals surface area contributed by atoms with E-state index in [0.29, 0.717) is 16.7 Å². The molecule has 34 heavy (non-hydrogen) atoms. The molecule has 0 saturated carbocycles. The Hall–Kier alpha value is -4.14. The van der Waals surface area contributed by atoms with Gasteiger partial charge in [-0.1, -0.05) is 17.7 Å². The predicted molar refractivity (Wildman–Crippen MR) is 118 cm³/mol. The second-order valence-electron chi connectivity index (χ2n) is 7.81. The number of amides is 1. The van der Waals surface area contributed by atoms with Gasteiger partial charge in [-0.05, 0) is 67.4 Å². The highest BCUT2D eigenvalue weighted by Gasteiger charge is 2.47. The Bertz CT molecular complexity index is 1290. The first-order chi connectivity index (χ1) is 16.1. The molecule has 1 saturated heterocycles. The van der Waals surface area contributed by atoms with Gasteiger partial charge in [-0.15, -0.1) is 13.2 Å². The van der Waals surface area contributed by atoms with E-state index in [4.69, 9.17) is 0 Å². The van der Waals surface area contributed by atoms with Crippen molar-refractivity contribution in [2.45, 2.75) is 26.3 Å². The lowest BCUT2D eigenvalue weighted by Crippen LogP contribution is -2.29. The monoisotopic (exact) mass is 468 g/mol. The van der Waals surface area contributed by atoms with Crippen molar-refractivity contribution in [1.29, 1.82) is 0 Å². The summed E-state index contributed by atoms with van der Waals surface area (Å²) < 4.78 is 41.5. The van der Waals surface area contributed by atoms with Crippen LogP contribution in [0.2, 0.25) is 0 Å². The van der Waals surface area contributed by atoms with Crippen LogP contribution in [0.4, 0.5) is 18.9 Å². The highest BCUT2D eigenvalue weighted by molar-refractivity contribution is 6.51. The van der Waals surface area contributed by atoms with Crippen LogP contribution in [0, 0.1) is 13.8 Å². The predicted octanol–water partition coefficient (Wildman–Crippen LogP) is 5.22. The first-order valence-electron chi connectivity index (χ1n) is 10.2. The number of rotatable bonds is 4. The summed E-state index contributed by atoms with van der Waals surface area (Å²) in [6.07, 6.45) is -1.91. The number of aryl methyl sites for hydroxylation is 2. The Kier molecular flexibility index (Phi) is 5.87. The van der Waals surface area contributed by atoms with E-state index in [0.717, 1.165) is 22.6 Å². The Morgan fingerprint density at radius 2 is 1.65 bits per heavy atom. The van der Waals surface area contributed by atoms with Crippen LogP contribution < -0.4 is 9.64 Å². The molecule has 0 spiro atoms. The number of nitrogens with zero attached hydrogens (tertiary/aromatic N) is 2. The molecule has 1 unspecified atom stereocenters. The first-order valence-corrected chi connectivity index (χ1v) is 10.2. The quantitative estimate of drug-likeness (QED) is 0.323. The second kappa shape index (κ2) is 8.66. The van der Waals surface area contributed by atoms with Crippen LogP contribution >= 0.6 is 0 Å². The van der Waals surface area contributed by atoms with Gasteiger partial charge < -0.3 is 9.84 Å². The van der Waals surface area contributed by atoms with Gasteiger partial charge in [0, 0.05) is 23.6 Å². The average Bonchev–Trinajstić information content (AvgIpc) is 3.06. The summed E-state index contributed by atoms with van der Waals surface area (Å²) in [6, 6.07) is 12.1. The fraction of sp³-hybridized carbons (Fsp3) is 0.160. The maximum absolute atomic E-state index is 13.1. The molecule has 1 N–H and O–H groups in total. The highest BCUT2D eigenvalue weighted by atomic mass is 19.4. The standard InChI is InChI=1S/C25H19F3N2O4/c1-14-3-4-15(2)19(13-14)22(31)20-21(16-9-11-29-12-10-16)30(24(33)23(20)32)17-5-7-18(8-6-17)34-25(26,27)28/h3-13,21,31H,1-2H3/b22-20+. The summed E-state index contributed by atoms with van der Waals surface area (Å²) in [7, 11) is 0. The molecule has 3 aromatic rings. The van der Waals surface area contributed by atoms with Crippen LogP contribution in [0.25, 0.3) is 5.76 Å². The summed E-state index contributed by atoms with van der Waals surface area (Å²) in [6.45, 7) is 3.60. The van der Waals surface area contributed by atoms with E-state index in [2.05, 4.69) is 9.72 Å². The molecule has 9 heteroatoms. The molecule has 0 bridgehead atoms. The summed E-state index contributed by atoms with van der Waals surface area (Å²) >= 11 is 0. The number of benzene rings is 2. The maximum atomic E-state index is 13.1. The molecule has 1 aliphatic heterocycles. The number of anilines is 1. The number of hydrogen-bond donors (Lipinski definition) is 1. The average molecular weight is 468 g/mol. The van der Waals surface area contributed by atoms with E-state index >= 15 is 0 Å². The lowest BCUT2D eigenvalue weighted by molar-refractivity contribution is -0.274. The third-order valence-electron chi connectivity index (χ3n) is 5.46. The van der Waals surface area contributed by atoms with Crippen LogP contribution in [0.5, 0.6) is 5.75 Å². The van der Waals surface area contributed by atoms with Gasteiger partial charge in [0.2, 0.25) is 0 Å². The Balaban J connectivity index is 1.87. The van der Waals surface area contributed by atoms with Crippen LogP contribution in [0.15, 0.2) is 72.6 Å². The van der Waals surface area contributed by atoms with Crippen molar-refractivity contribution >= 4 is 23.1 Å². The van der Waals surface area contributed by atoms with Crippen molar-refractivity contribution in [3.63, 3.8) is 0 Å². The summed E-state index contributed by atoms with van der Waals surface area (Å²) in [5.41, 5.74) is 2.50. The van der Waals surface area contributed by atoms with E-state index in [1.54, 1.807) is 31.2 Å². The molecule has 2 aromatic carbocycles. The number of alkyl halides is 3. The van der Waals surface area contributed by atoms with Crippen molar-refractivity contribution < 1.29 is 32.6 Å². The van der Waals surface area contributed by atoms with Gasteiger partial charge in [0.25, 0.3) is 11.7 Å². The van der Waals surface area contributed by atoms with Gasteiger partial charge >= 0.3 is 6.36 Å². The molecule has 4 rings (SSSR count). The molecule has 1 atom stereocenters. The fourth-order valence-corrected chi connectivity index (χ4v) is 3.90. The minimum Gasteiger partial charge on any atom is -0.507 e. The van der Waals surface area contributed by atoms with E-state index in [9.17, 15) is 27.9 Å². The molecule has 0 aliphatic carbocycles. The van der Waals surface area contributed by atoms with E-state index < -0.39 is 29.8 Å². The molecule has 6 nitrogen and oxygen atoms in total. The largest absolute Gasteiger partial charge is 0.573 e. The first kappa shape index (κ1) is 23.0. The highest BCUT2D eigenvalue weighted by Crippen LogP contribution is 2.42. The number of carbonyl (C=O) groups excluding carboxylic acids is 2. The van der Waals surface area contributed by atoms with Crippen molar-refractivity contribution in [1.82, 2.24) is 4.98 Å². The van der Waals surface area contributed by atoms with Crippen LogP contribution in [-0.4, -0.2) is 28.1 Å². The third-order valence-corrected chi connectivity index (χ3v) is 5.46. The van der Waals surface area contributed by atoms with E-state index in [-0.39, 0.29) is 17.0 Å². The zero-order chi connectivity index (χ0) is 24.6. The minimum absolute atomic E-state index is 0.125. The summed E-state index contributed by atoms with van der Waals surface area (Å²) in [5.74, 6) is -2.63. The maximum Gasteiger partial charge on any atom is 0.573 e. The molecule has 1 aliphatic rings. The zero-order valence-electron chi connectivity index (χ0n) is 18.1. The topological polar surface area (TPSA) is 79.7 Å². The van der Waals surface area contributed by atoms with Gasteiger partial charge in [-0.3, -0.25) is 19.5 Å². The number of aliphatic hydroxyl groups excluding tert-OH is 1. The van der Waals surface area contributed by atoms with Crippen LogP contribution in [0.1, 0.15) is 28.3 Å². The van der Waals surface area contributed by atoms with Gasteiger partial charge in [0.1, 0.15) is 11.5 Å². The Morgan fingerprint density at radius 3 is 2.26 bits per heavy atom. The lowest BCUT2D eigenvalue weighted by atomic mass is 9.93. The number of ether oxygens (including phenoxy) is 1. The Labute approximate surface area is 192 Å². The van der Waals surface area contributed by atoms with Crippen molar-refractivity contribution in [2.75, 3.05) is 4.90 Å². The molecule has 0 radical (unpaired) electrons.